The molecule has 0 bridgehead atoms. The highest BCUT2D eigenvalue weighted by Gasteiger charge is 2.37. The van der Waals surface area contributed by atoms with E-state index in [0.29, 0.717) is 11.3 Å². The molecule has 0 spiro atoms. The maximum atomic E-state index is 13.7. The van der Waals surface area contributed by atoms with E-state index in [9.17, 15) is 18.0 Å². The van der Waals surface area contributed by atoms with Crippen molar-refractivity contribution >= 4 is 17.6 Å². The number of aromatic amines is 1. The summed E-state index contributed by atoms with van der Waals surface area (Å²) in [6, 6.07) is 9.00. The van der Waals surface area contributed by atoms with Gasteiger partial charge in [0.2, 0.25) is 0 Å². The number of aromatic carboxylic acids is 1. The van der Waals surface area contributed by atoms with Crippen molar-refractivity contribution in [2.75, 3.05) is 0 Å². The Kier molecular flexibility index (Phi) is 5.62. The second-order valence-electron chi connectivity index (χ2n) is 6.60. The highest BCUT2D eigenvalue weighted by Crippen LogP contribution is 2.43. The number of carboxylic acids is 1. The lowest BCUT2D eigenvalue weighted by atomic mass is 9.99. The number of H-pyrrole nitrogens is 1. The second-order valence-corrected chi connectivity index (χ2v) is 7.01. The molecule has 0 unspecified atom stereocenters. The molecule has 0 atom stereocenters. The van der Waals surface area contributed by atoms with Gasteiger partial charge in [-0.1, -0.05) is 22.8 Å². The van der Waals surface area contributed by atoms with Crippen LogP contribution >= 0.6 is 11.6 Å². The van der Waals surface area contributed by atoms with E-state index in [-0.39, 0.29) is 39.8 Å². The van der Waals surface area contributed by atoms with Crippen LogP contribution in [0.25, 0.3) is 22.6 Å². The van der Waals surface area contributed by atoms with Gasteiger partial charge in [-0.05, 0) is 36.4 Å². The maximum Gasteiger partial charge on any atom is 0.417 e. The first kappa shape index (κ1) is 21.4. The molecule has 2 heterocycles. The van der Waals surface area contributed by atoms with Crippen molar-refractivity contribution in [1.29, 1.82) is 0 Å². The molecule has 32 heavy (non-hydrogen) atoms. The summed E-state index contributed by atoms with van der Waals surface area (Å²) in [6.07, 6.45) is -1.76. The number of rotatable bonds is 6. The molecule has 0 amide bonds. The van der Waals surface area contributed by atoms with Crippen LogP contribution in [0.4, 0.5) is 13.2 Å². The molecule has 7 nitrogen and oxygen atoms in total. The molecule has 2 aromatic heterocycles. The average molecular weight is 464 g/mol. The number of carboxylic acid groups (broad SMARTS) is 1. The molecule has 0 aliphatic heterocycles. The van der Waals surface area contributed by atoms with E-state index in [1.165, 1.54) is 48.8 Å². The normalized spacial score (nSPS) is 11.5. The Balaban J connectivity index is 1.78. The minimum Gasteiger partial charge on any atom is -0.489 e. The van der Waals surface area contributed by atoms with Gasteiger partial charge in [0.25, 0.3) is 0 Å². The first-order chi connectivity index (χ1) is 15.3. The van der Waals surface area contributed by atoms with Crippen molar-refractivity contribution in [3.05, 3.63) is 76.6 Å². The number of benzene rings is 2. The molecule has 0 aliphatic rings. The van der Waals surface area contributed by atoms with Crippen LogP contribution in [-0.2, 0) is 12.8 Å². The van der Waals surface area contributed by atoms with Crippen molar-refractivity contribution in [2.24, 2.45) is 0 Å². The maximum absolute atomic E-state index is 13.7. The highest BCUT2D eigenvalue weighted by atomic mass is 35.5. The fourth-order valence-corrected chi connectivity index (χ4v) is 3.36. The lowest BCUT2D eigenvalue weighted by molar-refractivity contribution is -0.137. The van der Waals surface area contributed by atoms with Gasteiger partial charge in [0.1, 0.15) is 18.1 Å². The molecule has 0 aliphatic carbocycles. The standard InChI is InChI=1S/C21H13ClF3N3O4/c22-16-3-1-2-15(21(23,24)25)17(16)18-14(19(32-28-18)12-8-26-27-9-12)10-31-13-6-4-11(5-7-13)20(29)30/h1-9H,10H2,(H,26,27)(H,29,30). The summed E-state index contributed by atoms with van der Waals surface area (Å²) >= 11 is 6.14. The van der Waals surface area contributed by atoms with E-state index in [1.54, 1.807) is 0 Å². The number of alkyl halides is 3. The summed E-state index contributed by atoms with van der Waals surface area (Å²) in [5.74, 6) is -0.641. The van der Waals surface area contributed by atoms with Crippen LogP contribution in [0.3, 0.4) is 0 Å². The summed E-state index contributed by atoms with van der Waals surface area (Å²) in [5, 5.41) is 19.1. The highest BCUT2D eigenvalue weighted by molar-refractivity contribution is 6.33. The summed E-state index contributed by atoms with van der Waals surface area (Å²) in [6.45, 7) is -0.228. The van der Waals surface area contributed by atoms with Crippen LogP contribution in [0.15, 0.2) is 59.4 Å². The topological polar surface area (TPSA) is 101 Å². The van der Waals surface area contributed by atoms with Crippen molar-refractivity contribution < 1.29 is 32.3 Å². The van der Waals surface area contributed by atoms with Crippen LogP contribution in [0, 0.1) is 0 Å². The van der Waals surface area contributed by atoms with Gasteiger partial charge in [-0.15, -0.1) is 0 Å². The number of hydrogen-bond donors (Lipinski definition) is 2. The Hall–Kier alpha value is -3.79. The number of ether oxygens (including phenoxy) is 1. The summed E-state index contributed by atoms with van der Waals surface area (Å²) in [5.41, 5.74) is -0.699. The molecule has 4 rings (SSSR count). The number of nitrogens with zero attached hydrogens (tertiary/aromatic N) is 2. The van der Waals surface area contributed by atoms with Crippen LogP contribution < -0.4 is 4.74 Å². The SMILES string of the molecule is O=C(O)c1ccc(OCc2c(-c3c(Cl)cccc3C(F)(F)F)noc2-c2cn[nH]c2)cc1. The van der Waals surface area contributed by atoms with Crippen LogP contribution in [0.5, 0.6) is 5.75 Å². The third kappa shape index (κ3) is 4.17. The van der Waals surface area contributed by atoms with Crippen molar-refractivity contribution in [3.63, 3.8) is 0 Å². The van der Waals surface area contributed by atoms with E-state index in [4.69, 9.17) is 26.0 Å². The van der Waals surface area contributed by atoms with Crippen LogP contribution in [0.2, 0.25) is 5.02 Å². The van der Waals surface area contributed by atoms with Gasteiger partial charge in [-0.3, -0.25) is 5.10 Å². The van der Waals surface area contributed by atoms with Crippen LogP contribution in [0.1, 0.15) is 21.5 Å². The first-order valence-corrected chi connectivity index (χ1v) is 9.43. The molecule has 164 valence electrons. The molecule has 0 saturated heterocycles. The molecule has 0 saturated carbocycles. The average Bonchev–Trinajstić information content (AvgIpc) is 3.41. The lowest BCUT2D eigenvalue weighted by Crippen LogP contribution is -2.08. The Bertz CT molecular complexity index is 1250. The minimum atomic E-state index is -4.68. The molecule has 4 aromatic rings. The summed E-state index contributed by atoms with van der Waals surface area (Å²) in [7, 11) is 0. The molecule has 11 heteroatoms. The largest absolute Gasteiger partial charge is 0.489 e. The Morgan fingerprint density at radius 2 is 1.94 bits per heavy atom. The van der Waals surface area contributed by atoms with E-state index < -0.39 is 17.7 Å². The monoisotopic (exact) mass is 463 g/mol. The quantitative estimate of drug-likeness (QED) is 0.381. The fourth-order valence-electron chi connectivity index (χ4n) is 3.09. The third-order valence-corrected chi connectivity index (χ3v) is 4.90. The Morgan fingerprint density at radius 1 is 1.19 bits per heavy atom. The molecule has 2 N–H and O–H groups in total. The predicted molar refractivity (Wildman–Crippen MR) is 107 cm³/mol. The molecule has 2 aromatic carbocycles. The van der Waals surface area contributed by atoms with E-state index in [0.717, 1.165) is 6.07 Å². The lowest BCUT2D eigenvalue weighted by Gasteiger charge is -2.14. The van der Waals surface area contributed by atoms with Gasteiger partial charge in [0, 0.05) is 11.8 Å². The van der Waals surface area contributed by atoms with E-state index >= 15 is 0 Å². The van der Waals surface area contributed by atoms with Gasteiger partial charge < -0.3 is 14.4 Å². The van der Waals surface area contributed by atoms with Crippen molar-refractivity contribution in [2.45, 2.75) is 12.8 Å². The van der Waals surface area contributed by atoms with E-state index in [2.05, 4.69) is 15.4 Å². The smallest absolute Gasteiger partial charge is 0.417 e. The van der Waals surface area contributed by atoms with Gasteiger partial charge in [0.05, 0.1) is 33.5 Å². The van der Waals surface area contributed by atoms with Crippen molar-refractivity contribution in [3.8, 4) is 28.3 Å². The van der Waals surface area contributed by atoms with Gasteiger partial charge in [-0.2, -0.15) is 18.3 Å². The van der Waals surface area contributed by atoms with Crippen molar-refractivity contribution in [1.82, 2.24) is 15.4 Å². The number of hydrogen-bond acceptors (Lipinski definition) is 5. The zero-order chi connectivity index (χ0) is 22.9. The number of carbonyl (C=O) groups is 1. The zero-order valence-corrected chi connectivity index (χ0v) is 16.7. The van der Waals surface area contributed by atoms with Gasteiger partial charge in [0.15, 0.2) is 5.76 Å². The number of halogens is 4. The predicted octanol–water partition coefficient (Wildman–Crippen LogP) is 5.68. The second kappa shape index (κ2) is 8.39. The summed E-state index contributed by atoms with van der Waals surface area (Å²) < 4.78 is 52.1. The number of nitrogens with one attached hydrogen (secondary N) is 1. The molecular formula is C21H13ClF3N3O4. The molecular weight excluding hydrogens is 451 g/mol. The first-order valence-electron chi connectivity index (χ1n) is 9.05. The van der Waals surface area contributed by atoms with Gasteiger partial charge in [-0.25, -0.2) is 4.79 Å². The Labute approximate surface area is 183 Å². The fraction of sp³-hybridized carbons (Fsp3) is 0.0952. The molecule has 0 radical (unpaired) electrons. The number of aromatic nitrogens is 3. The Morgan fingerprint density at radius 3 is 2.56 bits per heavy atom. The third-order valence-electron chi connectivity index (χ3n) is 4.59. The van der Waals surface area contributed by atoms with E-state index in [1.807, 2.05) is 0 Å². The summed E-state index contributed by atoms with van der Waals surface area (Å²) in [4.78, 5) is 11.0. The van der Waals surface area contributed by atoms with Gasteiger partial charge >= 0.3 is 12.1 Å². The minimum absolute atomic E-state index is 0.0630. The van der Waals surface area contributed by atoms with Crippen LogP contribution in [-0.4, -0.2) is 26.4 Å². The zero-order valence-electron chi connectivity index (χ0n) is 16.0. The molecule has 0 fully saturated rings.